The molecular formula is C14H12ClF3N2O. The van der Waals surface area contributed by atoms with Crippen molar-refractivity contribution in [2.75, 3.05) is 6.61 Å². The van der Waals surface area contributed by atoms with Gasteiger partial charge in [0, 0.05) is 11.8 Å². The predicted molar refractivity (Wildman–Crippen MR) is 73.2 cm³/mol. The van der Waals surface area contributed by atoms with E-state index in [0.29, 0.717) is 13.0 Å². The minimum atomic E-state index is -2.75. The number of nitrogens with zero attached hydrogens (tertiary/aromatic N) is 2. The summed E-state index contributed by atoms with van der Waals surface area (Å²) in [4.78, 5) is 7.53. The van der Waals surface area contributed by atoms with E-state index in [1.54, 1.807) is 0 Å². The maximum Gasteiger partial charge on any atom is 0.267 e. The molecule has 0 aliphatic heterocycles. The minimum absolute atomic E-state index is 0.00355. The molecule has 2 aromatic rings. The van der Waals surface area contributed by atoms with Crippen LogP contribution in [-0.4, -0.2) is 16.6 Å². The molecule has 2 aromatic heterocycles. The van der Waals surface area contributed by atoms with E-state index in [1.165, 1.54) is 18.5 Å². The zero-order valence-corrected chi connectivity index (χ0v) is 11.9. The van der Waals surface area contributed by atoms with E-state index >= 15 is 0 Å². The van der Waals surface area contributed by atoms with Crippen molar-refractivity contribution in [1.82, 2.24) is 9.97 Å². The lowest BCUT2D eigenvalue weighted by atomic mass is 10.1. The van der Waals surface area contributed by atoms with E-state index in [9.17, 15) is 13.2 Å². The van der Waals surface area contributed by atoms with Crippen LogP contribution in [0.25, 0.3) is 11.3 Å². The van der Waals surface area contributed by atoms with E-state index in [2.05, 4.69) is 9.97 Å². The van der Waals surface area contributed by atoms with Crippen molar-refractivity contribution < 1.29 is 17.9 Å². The Hall–Kier alpha value is -1.82. The Labute approximate surface area is 124 Å². The first-order chi connectivity index (χ1) is 10.0. The molecule has 0 bridgehead atoms. The van der Waals surface area contributed by atoms with Crippen molar-refractivity contribution in [3.05, 3.63) is 41.1 Å². The third-order valence-electron chi connectivity index (χ3n) is 2.72. The van der Waals surface area contributed by atoms with Gasteiger partial charge in [0.1, 0.15) is 5.75 Å². The van der Waals surface area contributed by atoms with Gasteiger partial charge in [0.05, 0.1) is 24.1 Å². The molecule has 0 radical (unpaired) electrons. The molecule has 7 heteroatoms. The predicted octanol–water partition coefficient (Wildman–Crippen LogP) is 4.66. The van der Waals surface area contributed by atoms with E-state index in [4.69, 9.17) is 16.3 Å². The summed E-state index contributed by atoms with van der Waals surface area (Å²) in [7, 11) is 0. The van der Waals surface area contributed by atoms with Gasteiger partial charge in [-0.05, 0) is 18.6 Å². The molecule has 112 valence electrons. The van der Waals surface area contributed by atoms with Gasteiger partial charge in [-0.25, -0.2) is 18.2 Å². The van der Waals surface area contributed by atoms with Gasteiger partial charge in [-0.3, -0.25) is 4.98 Å². The largest absolute Gasteiger partial charge is 0.491 e. The van der Waals surface area contributed by atoms with Gasteiger partial charge in [0.2, 0.25) is 0 Å². The van der Waals surface area contributed by atoms with Crippen LogP contribution in [0.3, 0.4) is 0 Å². The van der Waals surface area contributed by atoms with Crippen LogP contribution in [0.5, 0.6) is 5.75 Å². The number of alkyl halides is 2. The maximum atomic E-state index is 13.9. The van der Waals surface area contributed by atoms with Crippen LogP contribution < -0.4 is 4.74 Å². The summed E-state index contributed by atoms with van der Waals surface area (Å²) in [6, 6.07) is 2.43. The first kappa shape index (κ1) is 15.6. The average Bonchev–Trinajstić information content (AvgIpc) is 2.48. The fourth-order valence-electron chi connectivity index (χ4n) is 1.72. The fourth-order valence-corrected chi connectivity index (χ4v) is 1.88. The first-order valence-electron chi connectivity index (χ1n) is 6.25. The molecular weight excluding hydrogens is 305 g/mol. The Bertz CT molecular complexity index is 638. The van der Waals surface area contributed by atoms with Gasteiger partial charge in [-0.2, -0.15) is 0 Å². The van der Waals surface area contributed by atoms with Gasteiger partial charge >= 0.3 is 0 Å². The topological polar surface area (TPSA) is 35.0 Å². The summed E-state index contributed by atoms with van der Waals surface area (Å²) in [5, 5.41) is -0.334. The highest BCUT2D eigenvalue weighted by atomic mass is 35.5. The number of ether oxygens (including phenoxy) is 1. The van der Waals surface area contributed by atoms with Crippen LogP contribution >= 0.6 is 11.6 Å². The molecule has 2 heterocycles. The van der Waals surface area contributed by atoms with Crippen molar-refractivity contribution in [3.63, 3.8) is 0 Å². The molecule has 0 saturated carbocycles. The van der Waals surface area contributed by atoms with Crippen molar-refractivity contribution in [1.29, 1.82) is 0 Å². The normalized spacial score (nSPS) is 11.0. The average molecular weight is 317 g/mol. The number of halogens is 4. The number of hydrogen-bond acceptors (Lipinski definition) is 3. The summed E-state index contributed by atoms with van der Waals surface area (Å²) in [6.07, 6.45) is 0.379. The monoisotopic (exact) mass is 316 g/mol. The lowest BCUT2D eigenvalue weighted by molar-refractivity contribution is 0.145. The second kappa shape index (κ2) is 6.76. The Balaban J connectivity index is 2.46. The van der Waals surface area contributed by atoms with Crippen molar-refractivity contribution >= 4 is 11.6 Å². The van der Waals surface area contributed by atoms with Crippen molar-refractivity contribution in [3.8, 4) is 17.0 Å². The van der Waals surface area contributed by atoms with Crippen LogP contribution in [0.4, 0.5) is 13.2 Å². The molecule has 3 nitrogen and oxygen atoms in total. The summed E-state index contributed by atoms with van der Waals surface area (Å²) in [5.74, 6) is -0.801. The summed E-state index contributed by atoms with van der Waals surface area (Å²) < 4.78 is 45.3. The molecule has 2 rings (SSSR count). The lowest BCUT2D eigenvalue weighted by Gasteiger charge is -2.12. The second-order valence-electron chi connectivity index (χ2n) is 4.22. The third kappa shape index (κ3) is 3.44. The number of rotatable bonds is 5. The molecule has 0 aromatic carbocycles. The summed E-state index contributed by atoms with van der Waals surface area (Å²) >= 11 is 5.58. The van der Waals surface area contributed by atoms with Crippen LogP contribution in [-0.2, 0) is 0 Å². The summed E-state index contributed by atoms with van der Waals surface area (Å²) in [6.45, 7) is 2.16. The first-order valence-corrected chi connectivity index (χ1v) is 6.63. The zero-order valence-electron chi connectivity index (χ0n) is 11.1. The lowest BCUT2D eigenvalue weighted by Crippen LogP contribution is -2.01. The zero-order chi connectivity index (χ0) is 15.4. The molecule has 0 aliphatic carbocycles. The Morgan fingerprint density at radius 1 is 1.33 bits per heavy atom. The van der Waals surface area contributed by atoms with E-state index in [0.717, 1.165) is 6.07 Å². The SMILES string of the molecule is CCCOc1cnc(-c2ccnc(Cl)c2F)cc1C(F)F. The Morgan fingerprint density at radius 3 is 2.76 bits per heavy atom. The van der Waals surface area contributed by atoms with Crippen LogP contribution in [0, 0.1) is 5.82 Å². The second-order valence-corrected chi connectivity index (χ2v) is 4.58. The molecule has 21 heavy (non-hydrogen) atoms. The molecule has 0 unspecified atom stereocenters. The van der Waals surface area contributed by atoms with Crippen LogP contribution in [0.1, 0.15) is 25.3 Å². The number of aromatic nitrogens is 2. The number of pyridine rings is 2. The van der Waals surface area contributed by atoms with E-state index in [-0.39, 0.29) is 27.7 Å². The molecule has 0 saturated heterocycles. The van der Waals surface area contributed by atoms with Gasteiger partial charge in [0.25, 0.3) is 6.43 Å². The molecule has 0 fully saturated rings. The number of hydrogen-bond donors (Lipinski definition) is 0. The molecule has 0 aliphatic rings. The van der Waals surface area contributed by atoms with Gasteiger partial charge < -0.3 is 4.74 Å². The van der Waals surface area contributed by atoms with Gasteiger partial charge in [0.15, 0.2) is 11.0 Å². The molecule has 0 N–H and O–H groups in total. The quantitative estimate of drug-likeness (QED) is 0.752. The van der Waals surface area contributed by atoms with Crippen LogP contribution in [0.15, 0.2) is 24.5 Å². The molecule has 0 amide bonds. The summed E-state index contributed by atoms with van der Waals surface area (Å²) in [5.41, 5.74) is -0.268. The van der Waals surface area contributed by atoms with E-state index in [1.807, 2.05) is 6.92 Å². The van der Waals surface area contributed by atoms with Crippen LogP contribution in [0.2, 0.25) is 5.15 Å². The standard InChI is InChI=1S/C14H12ClF3N2O/c1-2-5-21-11-7-20-10(6-9(11)14(17)18)8-3-4-19-13(15)12(8)16/h3-4,6-7,14H,2,5H2,1H3. The molecule has 0 atom stereocenters. The Morgan fingerprint density at radius 2 is 2.10 bits per heavy atom. The van der Waals surface area contributed by atoms with Crippen molar-refractivity contribution in [2.45, 2.75) is 19.8 Å². The maximum absolute atomic E-state index is 13.9. The Kier molecular flexibility index (Phi) is 5.01. The highest BCUT2D eigenvalue weighted by Gasteiger charge is 2.18. The highest BCUT2D eigenvalue weighted by molar-refractivity contribution is 6.29. The third-order valence-corrected chi connectivity index (χ3v) is 2.98. The molecule has 0 spiro atoms. The fraction of sp³-hybridized carbons (Fsp3) is 0.286. The highest BCUT2D eigenvalue weighted by Crippen LogP contribution is 2.33. The van der Waals surface area contributed by atoms with Gasteiger partial charge in [-0.1, -0.05) is 18.5 Å². The van der Waals surface area contributed by atoms with Crippen molar-refractivity contribution in [2.24, 2.45) is 0 Å². The minimum Gasteiger partial charge on any atom is -0.491 e. The van der Waals surface area contributed by atoms with Gasteiger partial charge in [-0.15, -0.1) is 0 Å². The smallest absolute Gasteiger partial charge is 0.267 e. The van der Waals surface area contributed by atoms with E-state index < -0.39 is 12.2 Å².